The Hall–Kier alpha value is -1.99. The average molecular weight is 330 g/mol. The summed E-state index contributed by atoms with van der Waals surface area (Å²) in [5.41, 5.74) is 1.91. The Morgan fingerprint density at radius 1 is 1.33 bits per heavy atom. The molecule has 128 valence electrons. The van der Waals surface area contributed by atoms with Gasteiger partial charge < -0.3 is 14.4 Å². The number of nitrogens with zero attached hydrogens (tertiary/aromatic N) is 3. The number of benzene rings is 1. The smallest absolute Gasteiger partial charge is 0.253 e. The zero-order valence-electron chi connectivity index (χ0n) is 13.8. The average Bonchev–Trinajstić information content (AvgIpc) is 3.10. The van der Waals surface area contributed by atoms with Crippen LogP contribution in [0.25, 0.3) is 11.0 Å². The fourth-order valence-electron chi connectivity index (χ4n) is 3.94. The van der Waals surface area contributed by atoms with Gasteiger partial charge in [-0.25, -0.2) is 0 Å². The fourth-order valence-corrected chi connectivity index (χ4v) is 3.94. The number of hydrogen-bond acceptors (Lipinski definition) is 5. The maximum absolute atomic E-state index is 12.8. The number of methoxy groups -OCH3 is 1. The van der Waals surface area contributed by atoms with E-state index in [4.69, 9.17) is 9.47 Å². The van der Waals surface area contributed by atoms with Crippen molar-refractivity contribution in [2.24, 2.45) is 0 Å². The Morgan fingerprint density at radius 3 is 2.92 bits per heavy atom. The molecule has 2 aliphatic rings. The van der Waals surface area contributed by atoms with Crippen LogP contribution in [0.3, 0.4) is 0 Å². The summed E-state index contributed by atoms with van der Waals surface area (Å²) in [6, 6.07) is 5.43. The zero-order chi connectivity index (χ0) is 16.6. The highest BCUT2D eigenvalue weighted by atomic mass is 16.5. The van der Waals surface area contributed by atoms with E-state index >= 15 is 0 Å². The van der Waals surface area contributed by atoms with Gasteiger partial charge in [-0.2, -0.15) is 15.4 Å². The molecular weight excluding hydrogens is 308 g/mol. The first-order valence-electron chi connectivity index (χ1n) is 8.48. The van der Waals surface area contributed by atoms with E-state index < -0.39 is 0 Å². The lowest BCUT2D eigenvalue weighted by atomic mass is 9.81. The molecule has 1 spiro atoms. The third kappa shape index (κ3) is 2.57. The third-order valence-corrected chi connectivity index (χ3v) is 5.33. The molecule has 0 saturated carbocycles. The summed E-state index contributed by atoms with van der Waals surface area (Å²) in [7, 11) is 1.76. The monoisotopic (exact) mass is 330 g/mol. The summed E-state index contributed by atoms with van der Waals surface area (Å²) in [4.78, 5) is 14.7. The molecule has 7 nitrogen and oxygen atoms in total. The Bertz CT molecular complexity index is 736. The molecule has 2 saturated heterocycles. The molecule has 1 aromatic heterocycles. The molecule has 1 amide bonds. The number of likely N-dealkylation sites (tertiary alicyclic amines) is 1. The van der Waals surface area contributed by atoms with Gasteiger partial charge in [0.05, 0.1) is 11.7 Å². The lowest BCUT2D eigenvalue weighted by Crippen LogP contribution is -2.56. The van der Waals surface area contributed by atoms with E-state index in [2.05, 4.69) is 15.4 Å². The highest BCUT2D eigenvalue weighted by Gasteiger charge is 2.45. The maximum Gasteiger partial charge on any atom is 0.253 e. The molecule has 0 unspecified atom stereocenters. The van der Waals surface area contributed by atoms with Crippen molar-refractivity contribution in [3.8, 4) is 0 Å². The first kappa shape index (κ1) is 15.5. The van der Waals surface area contributed by atoms with E-state index in [1.54, 1.807) is 13.2 Å². The summed E-state index contributed by atoms with van der Waals surface area (Å²) in [6.45, 7) is 2.17. The molecule has 1 atom stereocenters. The number of nitrogens with one attached hydrogen (secondary N) is 1. The standard InChI is InChI=1S/C17H22N4O3/c1-23-15-3-2-10-24-17(15)6-8-21(9-7-17)16(22)12-4-5-13-14(11-12)19-20-18-13/h4-5,11,15H,2-3,6-10H2,1H3,(H,18,19,20)/t15-/m0/s1. The van der Waals surface area contributed by atoms with Crippen LogP contribution in [0, 0.1) is 0 Å². The Kier molecular flexibility index (Phi) is 3.97. The van der Waals surface area contributed by atoms with Gasteiger partial charge in [0.1, 0.15) is 11.0 Å². The van der Waals surface area contributed by atoms with Gasteiger partial charge in [0, 0.05) is 32.4 Å². The lowest BCUT2D eigenvalue weighted by molar-refractivity contribution is -0.183. The van der Waals surface area contributed by atoms with Crippen LogP contribution in [0.1, 0.15) is 36.0 Å². The second kappa shape index (κ2) is 6.14. The summed E-state index contributed by atoms with van der Waals surface area (Å²) in [5, 5.41) is 10.6. The number of H-pyrrole nitrogens is 1. The minimum absolute atomic E-state index is 0.0412. The Labute approximate surface area is 140 Å². The third-order valence-electron chi connectivity index (χ3n) is 5.33. The number of fused-ring (bicyclic) bond motifs is 1. The predicted molar refractivity (Wildman–Crippen MR) is 87.7 cm³/mol. The molecule has 3 heterocycles. The van der Waals surface area contributed by atoms with Gasteiger partial charge in [0.15, 0.2) is 0 Å². The minimum Gasteiger partial charge on any atom is -0.378 e. The first-order valence-corrected chi connectivity index (χ1v) is 8.48. The van der Waals surface area contributed by atoms with Gasteiger partial charge in [-0.05, 0) is 43.9 Å². The van der Waals surface area contributed by atoms with Crippen molar-refractivity contribution in [3.63, 3.8) is 0 Å². The first-order chi connectivity index (χ1) is 11.7. The summed E-state index contributed by atoms with van der Waals surface area (Å²) in [6.07, 6.45) is 3.86. The van der Waals surface area contributed by atoms with Gasteiger partial charge in [-0.15, -0.1) is 0 Å². The predicted octanol–water partition coefficient (Wildman–Crippen LogP) is 1.76. The zero-order valence-corrected chi connectivity index (χ0v) is 13.8. The van der Waals surface area contributed by atoms with Crippen molar-refractivity contribution in [2.75, 3.05) is 26.8 Å². The number of carbonyl (C=O) groups is 1. The van der Waals surface area contributed by atoms with Crippen LogP contribution in [0.15, 0.2) is 18.2 Å². The molecule has 1 N–H and O–H groups in total. The van der Waals surface area contributed by atoms with Crippen molar-refractivity contribution in [1.29, 1.82) is 0 Å². The second-order valence-electron chi connectivity index (χ2n) is 6.60. The number of aromatic nitrogens is 3. The lowest BCUT2D eigenvalue weighted by Gasteiger charge is -2.48. The van der Waals surface area contributed by atoms with Gasteiger partial charge in [0.2, 0.25) is 0 Å². The van der Waals surface area contributed by atoms with Gasteiger partial charge >= 0.3 is 0 Å². The van der Waals surface area contributed by atoms with Crippen molar-refractivity contribution < 1.29 is 14.3 Å². The normalized spacial score (nSPS) is 23.7. The van der Waals surface area contributed by atoms with E-state index in [1.807, 2.05) is 17.0 Å². The molecular formula is C17H22N4O3. The van der Waals surface area contributed by atoms with E-state index in [0.717, 1.165) is 37.8 Å². The summed E-state index contributed by atoms with van der Waals surface area (Å²) >= 11 is 0. The quantitative estimate of drug-likeness (QED) is 0.907. The largest absolute Gasteiger partial charge is 0.378 e. The van der Waals surface area contributed by atoms with Crippen LogP contribution in [0.5, 0.6) is 0 Å². The number of amides is 1. The van der Waals surface area contributed by atoms with Crippen molar-refractivity contribution >= 4 is 16.9 Å². The molecule has 0 radical (unpaired) electrons. The molecule has 2 aliphatic heterocycles. The van der Waals surface area contributed by atoms with Crippen LogP contribution >= 0.6 is 0 Å². The van der Waals surface area contributed by atoms with Crippen molar-refractivity contribution in [1.82, 2.24) is 20.3 Å². The van der Waals surface area contributed by atoms with Crippen molar-refractivity contribution in [2.45, 2.75) is 37.4 Å². The van der Waals surface area contributed by atoms with E-state index in [1.165, 1.54) is 0 Å². The molecule has 24 heavy (non-hydrogen) atoms. The molecule has 2 fully saturated rings. The number of hydrogen-bond donors (Lipinski definition) is 1. The van der Waals surface area contributed by atoms with E-state index in [9.17, 15) is 4.79 Å². The van der Waals surface area contributed by atoms with Crippen molar-refractivity contribution in [3.05, 3.63) is 23.8 Å². The van der Waals surface area contributed by atoms with Gasteiger partial charge in [0.25, 0.3) is 5.91 Å². The number of carbonyl (C=O) groups excluding carboxylic acids is 1. The molecule has 2 aromatic rings. The molecule has 0 aliphatic carbocycles. The van der Waals surface area contributed by atoms with Gasteiger partial charge in [-0.1, -0.05) is 0 Å². The summed E-state index contributed by atoms with van der Waals surface area (Å²) < 4.78 is 11.8. The Balaban J connectivity index is 1.47. The SMILES string of the molecule is CO[C@H]1CCCOC12CCN(C(=O)c1ccc3n[nH]nc3c1)CC2. The van der Waals surface area contributed by atoms with Crippen LogP contribution in [-0.2, 0) is 9.47 Å². The number of rotatable bonds is 2. The van der Waals surface area contributed by atoms with E-state index in [0.29, 0.717) is 24.2 Å². The van der Waals surface area contributed by atoms with E-state index in [-0.39, 0.29) is 17.6 Å². The molecule has 0 bridgehead atoms. The molecule has 4 rings (SSSR count). The molecule has 7 heteroatoms. The highest BCUT2D eigenvalue weighted by molar-refractivity contribution is 5.97. The topological polar surface area (TPSA) is 80.3 Å². The molecule has 1 aromatic carbocycles. The van der Waals surface area contributed by atoms with Crippen LogP contribution in [0.4, 0.5) is 0 Å². The highest BCUT2D eigenvalue weighted by Crippen LogP contribution is 2.37. The van der Waals surface area contributed by atoms with Gasteiger partial charge in [-0.3, -0.25) is 4.79 Å². The number of ether oxygens (including phenoxy) is 2. The number of piperidine rings is 1. The summed E-state index contributed by atoms with van der Waals surface area (Å²) in [5.74, 6) is 0.0412. The number of aromatic amines is 1. The Morgan fingerprint density at radius 2 is 2.12 bits per heavy atom. The minimum atomic E-state index is -0.222. The fraction of sp³-hybridized carbons (Fsp3) is 0.588. The second-order valence-corrected chi connectivity index (χ2v) is 6.60. The van der Waals surface area contributed by atoms with Crippen LogP contribution in [0.2, 0.25) is 0 Å². The van der Waals surface area contributed by atoms with Crippen LogP contribution < -0.4 is 0 Å². The maximum atomic E-state index is 12.8. The van der Waals surface area contributed by atoms with Crippen LogP contribution in [-0.4, -0.2) is 64.7 Å².